The average molecular weight is 318 g/mol. The van der Waals surface area contributed by atoms with Crippen LogP contribution in [0.2, 0.25) is 5.02 Å². The molecule has 0 spiro atoms. The molecule has 0 aliphatic heterocycles. The summed E-state index contributed by atoms with van der Waals surface area (Å²) in [6.45, 7) is 0. The summed E-state index contributed by atoms with van der Waals surface area (Å²) in [6, 6.07) is 13.3. The van der Waals surface area contributed by atoms with Gasteiger partial charge in [0.2, 0.25) is 5.16 Å². The Morgan fingerprint density at radius 1 is 1.10 bits per heavy atom. The first-order chi connectivity index (χ1) is 10.3. The van der Waals surface area contributed by atoms with Crippen LogP contribution in [-0.2, 0) is 6.42 Å². The van der Waals surface area contributed by atoms with E-state index >= 15 is 0 Å². The van der Waals surface area contributed by atoms with Gasteiger partial charge in [0, 0.05) is 22.7 Å². The van der Waals surface area contributed by atoms with E-state index in [2.05, 4.69) is 20.5 Å². The van der Waals surface area contributed by atoms with Crippen molar-refractivity contribution in [2.45, 2.75) is 11.6 Å². The summed E-state index contributed by atoms with van der Waals surface area (Å²) in [5.74, 6) is 0.866. The van der Waals surface area contributed by atoms with Crippen LogP contribution in [0.25, 0.3) is 5.69 Å². The Bertz CT molecular complexity index is 699. The maximum Gasteiger partial charge on any atom is 0.214 e. The molecule has 3 aromatic rings. The van der Waals surface area contributed by atoms with E-state index in [1.807, 2.05) is 42.5 Å². The third-order valence-corrected chi connectivity index (χ3v) is 4.00. The molecule has 0 atom stereocenters. The number of rotatable bonds is 5. The van der Waals surface area contributed by atoms with Crippen molar-refractivity contribution >= 4 is 23.4 Å². The maximum absolute atomic E-state index is 5.89. The van der Waals surface area contributed by atoms with E-state index in [1.165, 1.54) is 0 Å². The number of aromatic nitrogens is 5. The summed E-state index contributed by atoms with van der Waals surface area (Å²) >= 11 is 7.49. The molecule has 7 heteroatoms. The van der Waals surface area contributed by atoms with E-state index in [4.69, 9.17) is 11.6 Å². The molecular weight excluding hydrogens is 306 g/mol. The van der Waals surface area contributed by atoms with Gasteiger partial charge >= 0.3 is 0 Å². The van der Waals surface area contributed by atoms with Gasteiger partial charge in [-0.15, -0.1) is 5.10 Å². The van der Waals surface area contributed by atoms with Crippen molar-refractivity contribution < 1.29 is 0 Å². The molecule has 0 amide bonds. The quantitative estimate of drug-likeness (QED) is 0.677. The van der Waals surface area contributed by atoms with E-state index in [1.54, 1.807) is 22.6 Å². The lowest BCUT2D eigenvalue weighted by atomic mass is 10.3. The van der Waals surface area contributed by atoms with Crippen LogP contribution in [0.3, 0.4) is 0 Å². The van der Waals surface area contributed by atoms with Crippen LogP contribution in [0.1, 0.15) is 5.69 Å². The molecule has 0 aliphatic rings. The third-order valence-electron chi connectivity index (χ3n) is 2.83. The van der Waals surface area contributed by atoms with Gasteiger partial charge in [-0.05, 0) is 53.2 Å². The molecule has 2 heterocycles. The van der Waals surface area contributed by atoms with Crippen molar-refractivity contribution in [2.24, 2.45) is 0 Å². The van der Waals surface area contributed by atoms with E-state index in [0.29, 0.717) is 5.02 Å². The molecule has 0 bridgehead atoms. The van der Waals surface area contributed by atoms with Crippen molar-refractivity contribution in [2.75, 3.05) is 5.75 Å². The Balaban J connectivity index is 1.67. The standard InChI is InChI=1S/C14H12ClN5S/c15-11-4-6-13(7-5-11)20-14(17-18-19-20)21-10-8-12-3-1-2-9-16-12/h1-7,9H,8,10H2. The monoisotopic (exact) mass is 317 g/mol. The number of hydrogen-bond donors (Lipinski definition) is 0. The second-order valence-corrected chi connectivity index (χ2v) is 5.77. The van der Waals surface area contributed by atoms with Gasteiger partial charge in [0.1, 0.15) is 0 Å². The average Bonchev–Trinajstić information content (AvgIpc) is 2.98. The van der Waals surface area contributed by atoms with Crippen LogP contribution in [-0.4, -0.2) is 30.9 Å². The van der Waals surface area contributed by atoms with Gasteiger partial charge in [-0.2, -0.15) is 4.68 Å². The first kappa shape index (κ1) is 14.0. The van der Waals surface area contributed by atoms with Gasteiger partial charge in [-0.25, -0.2) is 0 Å². The number of halogens is 1. The lowest BCUT2D eigenvalue weighted by Crippen LogP contribution is -2.00. The highest BCUT2D eigenvalue weighted by atomic mass is 35.5. The minimum Gasteiger partial charge on any atom is -0.261 e. The van der Waals surface area contributed by atoms with E-state index in [0.717, 1.165) is 28.7 Å². The fourth-order valence-corrected chi connectivity index (χ4v) is 2.78. The zero-order valence-electron chi connectivity index (χ0n) is 11.1. The lowest BCUT2D eigenvalue weighted by Gasteiger charge is -2.04. The van der Waals surface area contributed by atoms with Crippen LogP contribution in [0.5, 0.6) is 0 Å². The molecule has 3 rings (SSSR count). The summed E-state index contributed by atoms with van der Waals surface area (Å²) in [5, 5.41) is 13.3. The fourth-order valence-electron chi connectivity index (χ4n) is 1.81. The van der Waals surface area contributed by atoms with Crippen LogP contribution in [0, 0.1) is 0 Å². The van der Waals surface area contributed by atoms with Gasteiger partial charge in [0.15, 0.2) is 0 Å². The van der Waals surface area contributed by atoms with Crippen molar-refractivity contribution in [1.82, 2.24) is 25.2 Å². The summed E-state index contributed by atoms with van der Waals surface area (Å²) in [5.41, 5.74) is 1.96. The highest BCUT2D eigenvalue weighted by Gasteiger charge is 2.08. The molecule has 106 valence electrons. The topological polar surface area (TPSA) is 56.5 Å². The van der Waals surface area contributed by atoms with Gasteiger partial charge in [-0.1, -0.05) is 29.4 Å². The summed E-state index contributed by atoms with van der Waals surface area (Å²) < 4.78 is 1.71. The number of benzene rings is 1. The number of tetrazole rings is 1. The highest BCUT2D eigenvalue weighted by molar-refractivity contribution is 7.99. The Hall–Kier alpha value is -1.92. The number of hydrogen-bond acceptors (Lipinski definition) is 5. The summed E-state index contributed by atoms with van der Waals surface area (Å²) in [4.78, 5) is 4.30. The van der Waals surface area contributed by atoms with Crippen molar-refractivity contribution in [3.8, 4) is 5.69 Å². The van der Waals surface area contributed by atoms with Gasteiger partial charge < -0.3 is 0 Å². The second kappa shape index (κ2) is 6.69. The molecule has 5 nitrogen and oxygen atoms in total. The Morgan fingerprint density at radius 2 is 1.95 bits per heavy atom. The molecule has 1 aromatic carbocycles. The first-order valence-electron chi connectivity index (χ1n) is 6.40. The highest BCUT2D eigenvalue weighted by Crippen LogP contribution is 2.20. The maximum atomic E-state index is 5.89. The number of nitrogens with zero attached hydrogens (tertiary/aromatic N) is 5. The Kier molecular flexibility index (Phi) is 4.47. The van der Waals surface area contributed by atoms with Crippen LogP contribution in [0.4, 0.5) is 0 Å². The molecule has 0 aliphatic carbocycles. The lowest BCUT2D eigenvalue weighted by molar-refractivity contribution is 0.756. The number of aryl methyl sites for hydroxylation is 1. The molecule has 21 heavy (non-hydrogen) atoms. The molecular formula is C14H12ClN5S. The fraction of sp³-hybridized carbons (Fsp3) is 0.143. The largest absolute Gasteiger partial charge is 0.261 e. The van der Waals surface area contributed by atoms with Gasteiger partial charge in [0.25, 0.3) is 0 Å². The van der Waals surface area contributed by atoms with Gasteiger partial charge in [-0.3, -0.25) is 4.98 Å². The molecule has 0 saturated heterocycles. The number of pyridine rings is 1. The van der Waals surface area contributed by atoms with Crippen molar-refractivity contribution in [3.05, 3.63) is 59.4 Å². The van der Waals surface area contributed by atoms with Crippen LogP contribution < -0.4 is 0 Å². The molecule has 0 saturated carbocycles. The SMILES string of the molecule is Clc1ccc(-n2nnnc2SCCc2ccccn2)cc1. The summed E-state index contributed by atoms with van der Waals surface area (Å²) in [7, 11) is 0. The van der Waals surface area contributed by atoms with Crippen molar-refractivity contribution in [3.63, 3.8) is 0 Å². The Morgan fingerprint density at radius 3 is 2.71 bits per heavy atom. The zero-order valence-corrected chi connectivity index (χ0v) is 12.6. The normalized spacial score (nSPS) is 10.7. The third kappa shape index (κ3) is 3.59. The van der Waals surface area contributed by atoms with Gasteiger partial charge in [0.05, 0.1) is 5.69 Å². The predicted octanol–water partition coefficient (Wildman–Crippen LogP) is 3.05. The minimum atomic E-state index is 0.691. The Labute approximate surface area is 131 Å². The van der Waals surface area contributed by atoms with E-state index < -0.39 is 0 Å². The summed E-state index contributed by atoms with van der Waals surface area (Å²) in [6.07, 6.45) is 2.68. The smallest absolute Gasteiger partial charge is 0.214 e. The van der Waals surface area contributed by atoms with Crippen LogP contribution in [0.15, 0.2) is 53.8 Å². The number of thioether (sulfide) groups is 1. The molecule has 0 N–H and O–H groups in total. The zero-order chi connectivity index (χ0) is 14.5. The second-order valence-electron chi connectivity index (χ2n) is 4.27. The molecule has 0 fully saturated rings. The molecule has 2 aromatic heterocycles. The molecule has 0 unspecified atom stereocenters. The molecule has 0 radical (unpaired) electrons. The van der Waals surface area contributed by atoms with Crippen molar-refractivity contribution in [1.29, 1.82) is 0 Å². The minimum absolute atomic E-state index is 0.691. The van der Waals surface area contributed by atoms with E-state index in [-0.39, 0.29) is 0 Å². The van der Waals surface area contributed by atoms with Crippen LogP contribution >= 0.6 is 23.4 Å². The first-order valence-corrected chi connectivity index (χ1v) is 7.76. The van der Waals surface area contributed by atoms with E-state index in [9.17, 15) is 0 Å². The predicted molar refractivity (Wildman–Crippen MR) is 82.8 cm³/mol.